The largest absolute Gasteiger partial charge is 0.426 e. The molecule has 176 valence electrons. The van der Waals surface area contributed by atoms with Crippen LogP contribution in [-0.2, 0) is 11.2 Å². The molecule has 0 spiro atoms. The molecule has 1 atom stereocenters. The number of pyridine rings is 1. The summed E-state index contributed by atoms with van der Waals surface area (Å²) in [6.07, 6.45) is 17.4. The van der Waals surface area contributed by atoms with Crippen LogP contribution >= 0.6 is 0 Å². The fraction of sp³-hybridized carbons (Fsp3) is 0.586. The maximum absolute atomic E-state index is 12.3. The molecule has 0 bridgehead atoms. The monoisotopic (exact) mass is 437 g/mol. The molecule has 1 heterocycles. The summed E-state index contributed by atoms with van der Waals surface area (Å²) in [6.45, 7) is 6.59. The Bertz CT molecular complexity index is 786. The van der Waals surface area contributed by atoms with Gasteiger partial charge in [-0.2, -0.15) is 0 Å². The van der Waals surface area contributed by atoms with E-state index in [0.717, 1.165) is 30.5 Å². The first-order valence-electron chi connectivity index (χ1n) is 12.9. The number of carbonyl (C=O) groups is 1. The SMILES string of the molecule is CCCCCCCCCCCc1ccnc(-c2ccccc2OC(=O)CCC(C)CC)c1. The zero-order valence-electron chi connectivity index (χ0n) is 20.6. The van der Waals surface area contributed by atoms with Crippen LogP contribution in [0.25, 0.3) is 11.3 Å². The zero-order chi connectivity index (χ0) is 23.0. The van der Waals surface area contributed by atoms with Crippen molar-refractivity contribution in [2.24, 2.45) is 5.92 Å². The van der Waals surface area contributed by atoms with Gasteiger partial charge in [0, 0.05) is 18.2 Å². The minimum Gasteiger partial charge on any atom is -0.426 e. The molecule has 0 aliphatic rings. The number of rotatable bonds is 16. The number of hydrogen-bond donors (Lipinski definition) is 0. The molecule has 0 N–H and O–H groups in total. The Hall–Kier alpha value is -2.16. The molecule has 32 heavy (non-hydrogen) atoms. The summed E-state index contributed by atoms with van der Waals surface area (Å²) in [4.78, 5) is 16.9. The van der Waals surface area contributed by atoms with Crippen molar-refractivity contribution in [3.8, 4) is 17.0 Å². The summed E-state index contributed by atoms with van der Waals surface area (Å²) in [5.74, 6) is 0.982. The summed E-state index contributed by atoms with van der Waals surface area (Å²) < 4.78 is 5.72. The number of nitrogens with zero attached hydrogens (tertiary/aromatic N) is 1. The van der Waals surface area contributed by atoms with Crippen molar-refractivity contribution in [3.63, 3.8) is 0 Å². The highest BCUT2D eigenvalue weighted by Crippen LogP contribution is 2.29. The van der Waals surface area contributed by atoms with Crippen LogP contribution in [0, 0.1) is 5.92 Å². The van der Waals surface area contributed by atoms with Gasteiger partial charge in [0.05, 0.1) is 5.69 Å². The summed E-state index contributed by atoms with van der Waals surface area (Å²) in [5.41, 5.74) is 3.07. The van der Waals surface area contributed by atoms with Gasteiger partial charge in [-0.25, -0.2) is 0 Å². The molecule has 0 saturated heterocycles. The van der Waals surface area contributed by atoms with Gasteiger partial charge in [0.15, 0.2) is 0 Å². The second-order valence-corrected chi connectivity index (χ2v) is 9.15. The Morgan fingerprint density at radius 2 is 1.62 bits per heavy atom. The summed E-state index contributed by atoms with van der Waals surface area (Å²) in [5, 5.41) is 0. The molecule has 0 fully saturated rings. The van der Waals surface area contributed by atoms with Crippen molar-refractivity contribution in [2.75, 3.05) is 0 Å². The molecule has 0 saturated carbocycles. The number of esters is 1. The van der Waals surface area contributed by atoms with Crippen LogP contribution in [0.4, 0.5) is 0 Å². The van der Waals surface area contributed by atoms with Crippen molar-refractivity contribution in [1.29, 1.82) is 0 Å². The van der Waals surface area contributed by atoms with Gasteiger partial charge < -0.3 is 4.74 Å². The van der Waals surface area contributed by atoms with Gasteiger partial charge in [-0.3, -0.25) is 9.78 Å². The normalized spacial score (nSPS) is 12.0. The van der Waals surface area contributed by atoms with Crippen molar-refractivity contribution < 1.29 is 9.53 Å². The molecule has 0 aliphatic carbocycles. The molecule has 1 unspecified atom stereocenters. The topological polar surface area (TPSA) is 39.2 Å². The fourth-order valence-electron chi connectivity index (χ4n) is 3.93. The molecule has 3 nitrogen and oxygen atoms in total. The van der Waals surface area contributed by atoms with Gasteiger partial charge in [0.1, 0.15) is 5.75 Å². The highest BCUT2D eigenvalue weighted by Gasteiger charge is 2.13. The standard InChI is InChI=1S/C29H43NO2/c1-4-6-7-8-9-10-11-12-13-16-25-21-22-30-27(23-25)26-17-14-15-18-28(26)32-29(31)20-19-24(3)5-2/h14-15,17-18,21-24H,4-13,16,19-20H2,1-3H3. The number of aromatic nitrogens is 1. The van der Waals surface area contributed by atoms with Crippen LogP contribution in [0.15, 0.2) is 42.6 Å². The first-order valence-corrected chi connectivity index (χ1v) is 12.9. The lowest BCUT2D eigenvalue weighted by Gasteiger charge is -2.12. The number of hydrogen-bond acceptors (Lipinski definition) is 3. The Morgan fingerprint density at radius 1 is 0.938 bits per heavy atom. The molecular weight excluding hydrogens is 394 g/mol. The van der Waals surface area contributed by atoms with Gasteiger partial charge in [-0.1, -0.05) is 90.7 Å². The molecule has 3 heteroatoms. The number of para-hydroxylation sites is 1. The Kier molecular flexibility index (Phi) is 12.7. The van der Waals surface area contributed by atoms with Crippen LogP contribution in [-0.4, -0.2) is 11.0 Å². The van der Waals surface area contributed by atoms with Crippen LogP contribution < -0.4 is 4.74 Å². The quantitative estimate of drug-likeness (QED) is 0.150. The van der Waals surface area contributed by atoms with Gasteiger partial charge in [-0.15, -0.1) is 0 Å². The molecule has 2 rings (SSSR count). The van der Waals surface area contributed by atoms with Crippen LogP contribution in [0.2, 0.25) is 0 Å². The highest BCUT2D eigenvalue weighted by molar-refractivity contribution is 5.77. The van der Waals surface area contributed by atoms with Gasteiger partial charge in [0.25, 0.3) is 0 Å². The predicted molar refractivity (Wildman–Crippen MR) is 135 cm³/mol. The maximum atomic E-state index is 12.3. The van der Waals surface area contributed by atoms with Crippen molar-refractivity contribution >= 4 is 5.97 Å². The van der Waals surface area contributed by atoms with Crippen molar-refractivity contribution in [1.82, 2.24) is 4.98 Å². The van der Waals surface area contributed by atoms with Crippen molar-refractivity contribution in [2.45, 2.75) is 104 Å². The minimum atomic E-state index is -0.163. The third-order valence-electron chi connectivity index (χ3n) is 6.32. The van der Waals surface area contributed by atoms with E-state index in [-0.39, 0.29) is 5.97 Å². The number of aryl methyl sites for hydroxylation is 1. The molecule has 0 aliphatic heterocycles. The molecule has 0 amide bonds. The second kappa shape index (κ2) is 15.6. The smallest absolute Gasteiger partial charge is 0.311 e. The maximum Gasteiger partial charge on any atom is 0.311 e. The first kappa shape index (κ1) is 26.1. The van der Waals surface area contributed by atoms with E-state index in [1.54, 1.807) is 0 Å². The predicted octanol–water partition coefficient (Wildman–Crippen LogP) is 8.55. The zero-order valence-corrected chi connectivity index (χ0v) is 20.6. The van der Waals surface area contributed by atoms with Crippen molar-refractivity contribution in [3.05, 3.63) is 48.2 Å². The number of unbranched alkanes of at least 4 members (excludes halogenated alkanes) is 8. The van der Waals surface area contributed by atoms with Crippen LogP contribution in [0.3, 0.4) is 0 Å². The third-order valence-corrected chi connectivity index (χ3v) is 6.32. The van der Waals surface area contributed by atoms with E-state index in [9.17, 15) is 4.79 Å². The lowest BCUT2D eigenvalue weighted by atomic mass is 10.0. The fourth-order valence-corrected chi connectivity index (χ4v) is 3.93. The molecule has 1 aromatic carbocycles. The molecular formula is C29H43NO2. The molecule has 0 radical (unpaired) electrons. The highest BCUT2D eigenvalue weighted by atomic mass is 16.5. The van der Waals surface area contributed by atoms with E-state index < -0.39 is 0 Å². The van der Waals surface area contributed by atoms with Gasteiger partial charge in [-0.05, 0) is 55.0 Å². The van der Waals surface area contributed by atoms with Gasteiger partial charge in [0.2, 0.25) is 0 Å². The average molecular weight is 438 g/mol. The second-order valence-electron chi connectivity index (χ2n) is 9.15. The lowest BCUT2D eigenvalue weighted by Crippen LogP contribution is -2.10. The average Bonchev–Trinajstić information content (AvgIpc) is 2.82. The number of ether oxygens (including phenoxy) is 1. The Morgan fingerprint density at radius 3 is 2.34 bits per heavy atom. The Labute approximate surface area is 196 Å². The summed E-state index contributed by atoms with van der Waals surface area (Å²) in [7, 11) is 0. The first-order chi connectivity index (χ1) is 15.6. The number of benzene rings is 1. The van der Waals surface area contributed by atoms with E-state index in [0.29, 0.717) is 18.1 Å². The van der Waals surface area contributed by atoms with Crippen LogP contribution in [0.1, 0.15) is 103 Å². The third kappa shape index (κ3) is 9.97. The van der Waals surface area contributed by atoms with Crippen LogP contribution in [0.5, 0.6) is 5.75 Å². The summed E-state index contributed by atoms with van der Waals surface area (Å²) in [6, 6.07) is 12.0. The minimum absolute atomic E-state index is 0.163. The van der Waals surface area contributed by atoms with E-state index >= 15 is 0 Å². The summed E-state index contributed by atoms with van der Waals surface area (Å²) >= 11 is 0. The molecule has 1 aromatic heterocycles. The van der Waals surface area contributed by atoms with E-state index in [1.807, 2.05) is 30.5 Å². The number of carbonyl (C=O) groups excluding carboxylic acids is 1. The van der Waals surface area contributed by atoms with Gasteiger partial charge >= 0.3 is 5.97 Å². The van der Waals surface area contributed by atoms with E-state index in [4.69, 9.17) is 4.74 Å². The van der Waals surface area contributed by atoms with E-state index in [1.165, 1.54) is 63.4 Å². The van der Waals surface area contributed by atoms with E-state index in [2.05, 4.69) is 37.9 Å². The Balaban J connectivity index is 1.85. The lowest BCUT2D eigenvalue weighted by molar-refractivity contribution is -0.134. The molecule has 2 aromatic rings.